The molecule has 0 radical (unpaired) electrons. The zero-order valence-corrected chi connectivity index (χ0v) is 7.04. The Balaban J connectivity index is 2.83. The third kappa shape index (κ3) is 1.03. The van der Waals surface area contributed by atoms with Crippen LogP contribution < -0.4 is 0 Å². The van der Waals surface area contributed by atoms with Crippen LogP contribution in [0.2, 0.25) is 0 Å². The van der Waals surface area contributed by atoms with Crippen LogP contribution in [0.15, 0.2) is 24.3 Å². The van der Waals surface area contributed by atoms with Crippen molar-refractivity contribution in [2.24, 2.45) is 5.41 Å². The third-order valence-electron chi connectivity index (χ3n) is 2.72. The molecular formula is C10H16. The predicted molar refractivity (Wildman–Crippen MR) is 45.9 cm³/mol. The van der Waals surface area contributed by atoms with Crippen molar-refractivity contribution in [1.82, 2.24) is 0 Å². The van der Waals surface area contributed by atoms with E-state index in [0.717, 1.165) is 0 Å². The Labute approximate surface area is 63.6 Å². The molecule has 1 saturated carbocycles. The Morgan fingerprint density at radius 1 is 1.10 bits per heavy atom. The Kier molecular flexibility index (Phi) is 1.72. The molecule has 1 fully saturated rings. The molecule has 1 aliphatic carbocycles. The van der Waals surface area contributed by atoms with Gasteiger partial charge < -0.3 is 0 Å². The highest BCUT2D eigenvalue weighted by Gasteiger charge is 2.27. The van der Waals surface area contributed by atoms with E-state index in [-0.39, 0.29) is 5.41 Å². The second kappa shape index (κ2) is 2.26. The molecule has 0 nitrogen and oxygen atoms in total. The molecule has 10 heavy (non-hydrogen) atoms. The van der Waals surface area contributed by atoms with Crippen LogP contribution in [0.3, 0.4) is 0 Å². The lowest BCUT2D eigenvalue weighted by atomic mass is 9.71. The van der Waals surface area contributed by atoms with Crippen molar-refractivity contribution in [3.05, 3.63) is 24.3 Å². The summed E-state index contributed by atoms with van der Waals surface area (Å²) in [6.07, 6.45) is 3.62. The normalized spacial score (nSPS) is 25.0. The van der Waals surface area contributed by atoms with Crippen LogP contribution in [0.25, 0.3) is 0 Å². The van der Waals surface area contributed by atoms with Crippen LogP contribution in [0.4, 0.5) is 0 Å². The predicted octanol–water partition coefficient (Wildman–Crippen LogP) is 3.31. The molecule has 56 valence electrons. The van der Waals surface area contributed by atoms with E-state index in [9.17, 15) is 0 Å². The standard InChI is InChI=1S/C10H16/c1-8-6-5-7-9(2)10(8,3)4/h1-2,5-7H2,3-4H3. The smallest absolute Gasteiger partial charge is 0.00586 e. The lowest BCUT2D eigenvalue weighted by Gasteiger charge is -2.34. The molecule has 0 spiro atoms. The third-order valence-corrected chi connectivity index (χ3v) is 2.72. The molecule has 0 aromatic rings. The highest BCUT2D eigenvalue weighted by atomic mass is 14.3. The number of rotatable bonds is 0. The quantitative estimate of drug-likeness (QED) is 0.448. The molecule has 0 atom stereocenters. The van der Waals surface area contributed by atoms with Gasteiger partial charge in [-0.2, -0.15) is 0 Å². The lowest BCUT2D eigenvalue weighted by Crippen LogP contribution is -2.20. The summed E-state index contributed by atoms with van der Waals surface area (Å²) in [4.78, 5) is 0. The second-order valence-electron chi connectivity index (χ2n) is 3.69. The largest absolute Gasteiger partial charge is 0.0990 e. The van der Waals surface area contributed by atoms with E-state index in [1.807, 2.05) is 0 Å². The zero-order valence-electron chi connectivity index (χ0n) is 7.04. The van der Waals surface area contributed by atoms with E-state index in [2.05, 4.69) is 27.0 Å². The van der Waals surface area contributed by atoms with E-state index in [0.29, 0.717) is 0 Å². The summed E-state index contributed by atoms with van der Waals surface area (Å²) in [6, 6.07) is 0. The summed E-state index contributed by atoms with van der Waals surface area (Å²) in [5.41, 5.74) is 2.91. The molecule has 0 amide bonds. The van der Waals surface area contributed by atoms with Gasteiger partial charge >= 0.3 is 0 Å². The molecule has 0 heteroatoms. The highest BCUT2D eigenvalue weighted by molar-refractivity contribution is 5.26. The van der Waals surface area contributed by atoms with Crippen molar-refractivity contribution >= 4 is 0 Å². The average Bonchev–Trinajstić information content (AvgIpc) is 1.84. The van der Waals surface area contributed by atoms with Crippen LogP contribution in [-0.2, 0) is 0 Å². The Hall–Kier alpha value is -0.520. The van der Waals surface area contributed by atoms with Gasteiger partial charge in [0.2, 0.25) is 0 Å². The lowest BCUT2D eigenvalue weighted by molar-refractivity contribution is 0.449. The summed E-state index contributed by atoms with van der Waals surface area (Å²) in [5.74, 6) is 0. The molecule has 1 rings (SSSR count). The SMILES string of the molecule is C=C1CCCC(=C)C1(C)C. The minimum absolute atomic E-state index is 0.207. The summed E-state index contributed by atoms with van der Waals surface area (Å²) in [5, 5.41) is 0. The van der Waals surface area contributed by atoms with E-state index >= 15 is 0 Å². The van der Waals surface area contributed by atoms with Crippen molar-refractivity contribution in [2.45, 2.75) is 33.1 Å². The summed E-state index contributed by atoms with van der Waals surface area (Å²) in [6.45, 7) is 12.6. The van der Waals surface area contributed by atoms with Crippen LogP contribution in [0.1, 0.15) is 33.1 Å². The van der Waals surface area contributed by atoms with Gasteiger partial charge in [-0.15, -0.1) is 0 Å². The van der Waals surface area contributed by atoms with Gasteiger partial charge in [0.25, 0.3) is 0 Å². The highest BCUT2D eigenvalue weighted by Crippen LogP contribution is 2.41. The van der Waals surface area contributed by atoms with Gasteiger partial charge in [-0.1, -0.05) is 38.2 Å². The van der Waals surface area contributed by atoms with E-state index in [1.165, 1.54) is 30.4 Å². The second-order valence-corrected chi connectivity index (χ2v) is 3.69. The van der Waals surface area contributed by atoms with Crippen LogP contribution in [0, 0.1) is 5.41 Å². The average molecular weight is 136 g/mol. The Morgan fingerprint density at radius 2 is 1.50 bits per heavy atom. The molecule has 0 unspecified atom stereocenters. The molecule has 0 saturated heterocycles. The van der Waals surface area contributed by atoms with Crippen LogP contribution in [0.5, 0.6) is 0 Å². The molecule has 0 N–H and O–H groups in total. The maximum absolute atomic E-state index is 4.06. The zero-order chi connectivity index (χ0) is 7.78. The van der Waals surface area contributed by atoms with E-state index in [4.69, 9.17) is 0 Å². The summed E-state index contributed by atoms with van der Waals surface area (Å²) in [7, 11) is 0. The first-order valence-corrected chi connectivity index (χ1v) is 3.91. The fraction of sp³-hybridized carbons (Fsp3) is 0.600. The number of hydrogen-bond donors (Lipinski definition) is 0. The number of hydrogen-bond acceptors (Lipinski definition) is 0. The molecule has 0 aromatic heterocycles. The van der Waals surface area contributed by atoms with Crippen molar-refractivity contribution in [1.29, 1.82) is 0 Å². The number of allylic oxidation sites excluding steroid dienone is 2. The van der Waals surface area contributed by atoms with Crippen molar-refractivity contribution < 1.29 is 0 Å². The molecule has 0 aliphatic heterocycles. The van der Waals surface area contributed by atoms with Gasteiger partial charge in [0.05, 0.1) is 0 Å². The minimum Gasteiger partial charge on any atom is -0.0990 e. The van der Waals surface area contributed by atoms with Gasteiger partial charge in [-0.25, -0.2) is 0 Å². The van der Waals surface area contributed by atoms with Crippen molar-refractivity contribution in [3.8, 4) is 0 Å². The van der Waals surface area contributed by atoms with E-state index < -0.39 is 0 Å². The first kappa shape index (κ1) is 7.59. The minimum atomic E-state index is 0.207. The van der Waals surface area contributed by atoms with Gasteiger partial charge in [0, 0.05) is 5.41 Å². The first-order valence-electron chi connectivity index (χ1n) is 3.91. The van der Waals surface area contributed by atoms with Crippen LogP contribution >= 0.6 is 0 Å². The molecule has 1 aliphatic rings. The molecule has 0 heterocycles. The van der Waals surface area contributed by atoms with Gasteiger partial charge in [0.15, 0.2) is 0 Å². The molecule has 0 aromatic carbocycles. The van der Waals surface area contributed by atoms with Gasteiger partial charge in [-0.05, 0) is 19.3 Å². The van der Waals surface area contributed by atoms with Crippen LogP contribution in [-0.4, -0.2) is 0 Å². The topological polar surface area (TPSA) is 0 Å². The van der Waals surface area contributed by atoms with Gasteiger partial charge in [0.1, 0.15) is 0 Å². The monoisotopic (exact) mass is 136 g/mol. The Morgan fingerprint density at radius 3 is 1.80 bits per heavy atom. The summed E-state index contributed by atoms with van der Waals surface area (Å²) >= 11 is 0. The Bertz CT molecular complexity index is 154. The van der Waals surface area contributed by atoms with Crippen molar-refractivity contribution in [2.75, 3.05) is 0 Å². The molecular weight excluding hydrogens is 120 g/mol. The maximum atomic E-state index is 4.06. The first-order chi connectivity index (χ1) is 4.55. The maximum Gasteiger partial charge on any atom is 0.00586 e. The molecule has 0 bridgehead atoms. The summed E-state index contributed by atoms with van der Waals surface area (Å²) < 4.78 is 0. The van der Waals surface area contributed by atoms with E-state index in [1.54, 1.807) is 0 Å². The fourth-order valence-electron chi connectivity index (χ4n) is 1.39. The fourth-order valence-corrected chi connectivity index (χ4v) is 1.39. The van der Waals surface area contributed by atoms with Gasteiger partial charge in [-0.3, -0.25) is 0 Å². The van der Waals surface area contributed by atoms with Crippen molar-refractivity contribution in [3.63, 3.8) is 0 Å².